The van der Waals surface area contributed by atoms with Gasteiger partial charge in [0.1, 0.15) is 0 Å². The number of hydrogen-bond acceptors (Lipinski definition) is 5. The fraction of sp³-hybridized carbons (Fsp3) is 0.263. The summed E-state index contributed by atoms with van der Waals surface area (Å²) in [5, 5.41) is 16.4. The Bertz CT molecular complexity index is 1010. The second kappa shape index (κ2) is 8.94. The fourth-order valence-corrected chi connectivity index (χ4v) is 3.98. The molecule has 0 radical (unpaired) electrons. The van der Waals surface area contributed by atoms with Gasteiger partial charge in [-0.05, 0) is 66.1 Å². The number of tetrazole rings is 1. The normalized spacial score (nSPS) is 12.0. The number of amides is 1. The molecular weight excluding hydrogens is 417 g/mol. The highest BCUT2D eigenvalue weighted by Gasteiger charge is 2.16. The molecule has 0 saturated carbocycles. The minimum atomic E-state index is -0.243. The lowest BCUT2D eigenvalue weighted by Gasteiger charge is -2.16. The summed E-state index contributed by atoms with van der Waals surface area (Å²) in [6.07, 6.45) is 0. The van der Waals surface area contributed by atoms with Crippen LogP contribution in [0.15, 0.2) is 41.6 Å². The van der Waals surface area contributed by atoms with Gasteiger partial charge in [0.05, 0.1) is 17.5 Å². The van der Waals surface area contributed by atoms with Crippen molar-refractivity contribution in [2.75, 3.05) is 5.75 Å². The first-order valence-electron chi connectivity index (χ1n) is 8.58. The van der Waals surface area contributed by atoms with Gasteiger partial charge in [0.2, 0.25) is 11.1 Å². The molecule has 3 rings (SSSR count). The van der Waals surface area contributed by atoms with Crippen molar-refractivity contribution in [1.82, 2.24) is 25.5 Å². The quantitative estimate of drug-likeness (QED) is 0.574. The second-order valence-corrected chi connectivity index (χ2v) is 8.19. The third kappa shape index (κ3) is 4.84. The van der Waals surface area contributed by atoms with Crippen molar-refractivity contribution in [1.29, 1.82) is 0 Å². The first-order valence-corrected chi connectivity index (χ1v) is 10.3. The maximum Gasteiger partial charge on any atom is 0.230 e. The minimum Gasteiger partial charge on any atom is -0.349 e. The number of aromatic nitrogens is 4. The number of nitrogens with one attached hydrogen (secondary N) is 1. The van der Waals surface area contributed by atoms with Crippen LogP contribution in [0.25, 0.3) is 5.69 Å². The van der Waals surface area contributed by atoms with E-state index in [2.05, 4.69) is 20.8 Å². The number of benzene rings is 2. The summed E-state index contributed by atoms with van der Waals surface area (Å²) in [6, 6.07) is 11.0. The van der Waals surface area contributed by atoms with E-state index in [0.717, 1.165) is 22.4 Å². The Kier molecular flexibility index (Phi) is 6.59. The number of nitrogens with zero attached hydrogens (tertiary/aromatic N) is 4. The van der Waals surface area contributed by atoms with Gasteiger partial charge in [-0.3, -0.25) is 4.79 Å². The topological polar surface area (TPSA) is 72.7 Å². The molecule has 1 amide bonds. The van der Waals surface area contributed by atoms with Crippen LogP contribution in [0.3, 0.4) is 0 Å². The molecule has 3 aromatic rings. The number of aryl methyl sites for hydroxylation is 2. The van der Waals surface area contributed by atoms with Gasteiger partial charge < -0.3 is 5.32 Å². The van der Waals surface area contributed by atoms with Crippen LogP contribution in [0.1, 0.15) is 29.7 Å². The van der Waals surface area contributed by atoms with Gasteiger partial charge in [-0.2, -0.15) is 4.68 Å². The van der Waals surface area contributed by atoms with E-state index in [1.54, 1.807) is 16.8 Å². The van der Waals surface area contributed by atoms with E-state index in [-0.39, 0.29) is 17.7 Å². The lowest BCUT2D eigenvalue weighted by molar-refractivity contribution is -0.119. The number of carbonyl (C=O) groups is 1. The van der Waals surface area contributed by atoms with Gasteiger partial charge in [-0.25, -0.2) is 0 Å². The molecular formula is C19H19Cl2N5OS. The molecule has 0 spiro atoms. The summed E-state index contributed by atoms with van der Waals surface area (Å²) < 4.78 is 1.65. The van der Waals surface area contributed by atoms with E-state index < -0.39 is 0 Å². The van der Waals surface area contributed by atoms with E-state index in [9.17, 15) is 4.79 Å². The van der Waals surface area contributed by atoms with Crippen molar-refractivity contribution in [2.24, 2.45) is 0 Å². The first kappa shape index (κ1) is 20.6. The summed E-state index contributed by atoms with van der Waals surface area (Å²) in [7, 11) is 0. The highest BCUT2D eigenvalue weighted by molar-refractivity contribution is 7.99. The predicted molar refractivity (Wildman–Crippen MR) is 112 cm³/mol. The Morgan fingerprint density at radius 3 is 2.75 bits per heavy atom. The minimum absolute atomic E-state index is 0.140. The maximum absolute atomic E-state index is 12.4. The molecule has 1 heterocycles. The van der Waals surface area contributed by atoms with E-state index in [4.69, 9.17) is 23.2 Å². The lowest BCUT2D eigenvalue weighted by atomic mass is 10.1. The van der Waals surface area contributed by atoms with Gasteiger partial charge in [0.25, 0.3) is 0 Å². The Labute approximate surface area is 177 Å². The molecule has 9 heteroatoms. The molecule has 6 nitrogen and oxygen atoms in total. The van der Waals surface area contributed by atoms with Gasteiger partial charge >= 0.3 is 0 Å². The molecule has 2 aromatic carbocycles. The molecule has 1 aromatic heterocycles. The lowest BCUT2D eigenvalue weighted by Crippen LogP contribution is -2.28. The molecule has 0 aliphatic carbocycles. The van der Waals surface area contributed by atoms with Crippen molar-refractivity contribution < 1.29 is 4.79 Å². The van der Waals surface area contributed by atoms with Gasteiger partial charge in [-0.15, -0.1) is 5.10 Å². The summed E-state index contributed by atoms with van der Waals surface area (Å²) in [5.41, 5.74) is 3.87. The smallest absolute Gasteiger partial charge is 0.230 e. The van der Waals surface area contributed by atoms with Gasteiger partial charge in [0, 0.05) is 10.0 Å². The Hall–Kier alpha value is -2.09. The largest absolute Gasteiger partial charge is 0.349 e. The van der Waals surface area contributed by atoms with Gasteiger partial charge in [-0.1, -0.05) is 53.2 Å². The molecule has 0 bridgehead atoms. The SMILES string of the molecule is Cc1ccc(C)c(-n2nnnc2SCC(=O)NC(C)c2ccc(Cl)cc2Cl)c1. The van der Waals surface area contributed by atoms with Crippen LogP contribution in [0, 0.1) is 13.8 Å². The highest BCUT2D eigenvalue weighted by atomic mass is 35.5. The molecule has 0 aliphatic rings. The number of rotatable bonds is 6. The number of carbonyl (C=O) groups excluding carboxylic acids is 1. The molecule has 1 atom stereocenters. The molecule has 1 N–H and O–H groups in total. The zero-order valence-corrected chi connectivity index (χ0v) is 17.9. The first-order chi connectivity index (χ1) is 13.3. The van der Waals surface area contributed by atoms with Crippen molar-refractivity contribution in [3.8, 4) is 5.69 Å². The van der Waals surface area contributed by atoms with E-state index in [1.165, 1.54) is 11.8 Å². The molecule has 0 fully saturated rings. The number of hydrogen-bond donors (Lipinski definition) is 1. The molecule has 1 unspecified atom stereocenters. The Morgan fingerprint density at radius 2 is 2.00 bits per heavy atom. The van der Waals surface area contributed by atoms with Crippen molar-refractivity contribution in [3.05, 3.63) is 63.1 Å². The highest BCUT2D eigenvalue weighted by Crippen LogP contribution is 2.26. The number of thioether (sulfide) groups is 1. The summed E-state index contributed by atoms with van der Waals surface area (Å²) in [5.74, 6) is 0.0415. The third-order valence-corrected chi connectivity index (χ3v) is 5.65. The van der Waals surface area contributed by atoms with Crippen LogP contribution in [0.4, 0.5) is 0 Å². The van der Waals surface area contributed by atoms with Crippen molar-refractivity contribution in [3.63, 3.8) is 0 Å². The standard InChI is InChI=1S/C19H19Cl2N5OS/c1-11-4-5-12(2)17(8-11)26-19(23-24-25-26)28-10-18(27)22-13(3)15-7-6-14(20)9-16(15)21/h4-9,13H,10H2,1-3H3,(H,22,27). The van der Waals surface area contributed by atoms with Crippen LogP contribution >= 0.6 is 35.0 Å². The monoisotopic (exact) mass is 435 g/mol. The average molecular weight is 436 g/mol. The fourth-order valence-electron chi connectivity index (χ4n) is 2.71. The third-order valence-electron chi connectivity index (χ3n) is 4.17. The molecule has 146 valence electrons. The molecule has 28 heavy (non-hydrogen) atoms. The van der Waals surface area contributed by atoms with E-state index in [1.807, 2.05) is 45.0 Å². The van der Waals surface area contributed by atoms with Crippen LogP contribution in [-0.4, -0.2) is 31.9 Å². The second-order valence-electron chi connectivity index (χ2n) is 6.41. The van der Waals surface area contributed by atoms with Crippen LogP contribution in [0.5, 0.6) is 0 Å². The average Bonchev–Trinajstić information content (AvgIpc) is 3.10. The maximum atomic E-state index is 12.4. The molecule has 0 saturated heterocycles. The van der Waals surface area contributed by atoms with Crippen LogP contribution in [-0.2, 0) is 4.79 Å². The predicted octanol–water partition coefficient (Wildman–Crippen LogP) is 4.56. The molecule has 0 aliphatic heterocycles. The Balaban J connectivity index is 1.66. The van der Waals surface area contributed by atoms with E-state index >= 15 is 0 Å². The van der Waals surface area contributed by atoms with Crippen LogP contribution in [0.2, 0.25) is 10.0 Å². The Morgan fingerprint density at radius 1 is 1.21 bits per heavy atom. The van der Waals surface area contributed by atoms with Gasteiger partial charge in [0.15, 0.2) is 0 Å². The summed E-state index contributed by atoms with van der Waals surface area (Å²) >= 11 is 13.4. The van der Waals surface area contributed by atoms with E-state index in [0.29, 0.717) is 15.2 Å². The number of halogens is 2. The summed E-state index contributed by atoms with van der Waals surface area (Å²) in [6.45, 7) is 5.88. The summed E-state index contributed by atoms with van der Waals surface area (Å²) in [4.78, 5) is 12.4. The van der Waals surface area contributed by atoms with Crippen molar-refractivity contribution in [2.45, 2.75) is 32.0 Å². The zero-order chi connectivity index (χ0) is 20.3. The van der Waals surface area contributed by atoms with Crippen molar-refractivity contribution >= 4 is 40.9 Å². The van der Waals surface area contributed by atoms with Crippen LogP contribution < -0.4 is 5.32 Å². The zero-order valence-electron chi connectivity index (χ0n) is 15.6.